The number of ether oxygens (including phenoxy) is 3. The zero-order valence-corrected chi connectivity index (χ0v) is 18.0. The first-order valence-corrected chi connectivity index (χ1v) is 10.4. The summed E-state index contributed by atoms with van der Waals surface area (Å²) in [5.41, 5.74) is 6.68. The maximum atomic E-state index is 13.2. The fraction of sp³-hybridized carbons (Fsp3) is 0.320. The Morgan fingerprint density at radius 3 is 2.50 bits per heavy atom. The fourth-order valence-corrected chi connectivity index (χ4v) is 4.35. The third kappa shape index (κ3) is 3.24. The van der Waals surface area contributed by atoms with Crippen LogP contribution in [0.4, 0.5) is 0 Å². The summed E-state index contributed by atoms with van der Waals surface area (Å²) in [4.78, 5) is 13.2. The molecule has 1 aromatic heterocycles. The number of methoxy groups -OCH3 is 1. The highest BCUT2D eigenvalue weighted by atomic mass is 16.5. The molecule has 0 spiro atoms. The smallest absolute Gasteiger partial charge is 0.340 e. The molecule has 0 aliphatic carbocycles. The molecule has 4 rings (SSSR count). The summed E-state index contributed by atoms with van der Waals surface area (Å²) in [6.45, 7) is 7.52. The van der Waals surface area contributed by atoms with E-state index in [4.69, 9.17) is 14.2 Å². The van der Waals surface area contributed by atoms with E-state index in [0.717, 1.165) is 46.6 Å². The average Bonchev–Trinajstić information content (AvgIpc) is 3.07. The van der Waals surface area contributed by atoms with E-state index >= 15 is 0 Å². The van der Waals surface area contributed by atoms with Crippen LogP contribution in [0, 0.1) is 6.92 Å². The third-order valence-corrected chi connectivity index (χ3v) is 5.61. The SMILES string of the molecule is CCOC(=O)c1c(-c2ccccc2)c(C)n2c1-c1cc(OCC)c(OC)cc1CC2. The van der Waals surface area contributed by atoms with Crippen molar-refractivity contribution in [3.05, 3.63) is 59.3 Å². The topological polar surface area (TPSA) is 49.7 Å². The van der Waals surface area contributed by atoms with E-state index in [9.17, 15) is 4.79 Å². The minimum Gasteiger partial charge on any atom is -0.493 e. The number of esters is 1. The fourth-order valence-electron chi connectivity index (χ4n) is 4.35. The number of aromatic nitrogens is 1. The molecule has 0 bridgehead atoms. The van der Waals surface area contributed by atoms with Gasteiger partial charge in [-0.2, -0.15) is 0 Å². The van der Waals surface area contributed by atoms with Crippen LogP contribution in [0.3, 0.4) is 0 Å². The normalized spacial score (nSPS) is 12.1. The molecule has 0 saturated carbocycles. The predicted octanol–water partition coefficient (Wildman–Crippen LogP) is 5.27. The monoisotopic (exact) mass is 405 g/mol. The van der Waals surface area contributed by atoms with Crippen molar-refractivity contribution in [3.63, 3.8) is 0 Å². The van der Waals surface area contributed by atoms with Crippen LogP contribution in [-0.4, -0.2) is 30.9 Å². The van der Waals surface area contributed by atoms with Crippen LogP contribution in [-0.2, 0) is 17.7 Å². The minimum absolute atomic E-state index is 0.296. The van der Waals surface area contributed by atoms with Crippen molar-refractivity contribution in [2.45, 2.75) is 33.7 Å². The third-order valence-electron chi connectivity index (χ3n) is 5.61. The van der Waals surface area contributed by atoms with E-state index in [1.807, 2.05) is 56.3 Å². The maximum absolute atomic E-state index is 13.2. The molecule has 5 nitrogen and oxygen atoms in total. The lowest BCUT2D eigenvalue weighted by Gasteiger charge is -2.23. The molecule has 0 unspecified atom stereocenters. The lowest BCUT2D eigenvalue weighted by molar-refractivity contribution is 0.0528. The summed E-state index contributed by atoms with van der Waals surface area (Å²) in [6, 6.07) is 14.1. The Hall–Kier alpha value is -3.21. The van der Waals surface area contributed by atoms with Gasteiger partial charge in [-0.05, 0) is 50.5 Å². The van der Waals surface area contributed by atoms with Gasteiger partial charge in [-0.15, -0.1) is 0 Å². The summed E-state index contributed by atoms with van der Waals surface area (Å²) in [5.74, 6) is 1.10. The van der Waals surface area contributed by atoms with Gasteiger partial charge in [-0.1, -0.05) is 30.3 Å². The Labute approximate surface area is 177 Å². The van der Waals surface area contributed by atoms with Gasteiger partial charge in [0.1, 0.15) is 0 Å². The molecule has 1 aliphatic heterocycles. The van der Waals surface area contributed by atoms with Crippen molar-refractivity contribution in [3.8, 4) is 33.9 Å². The van der Waals surface area contributed by atoms with Crippen molar-refractivity contribution in [2.75, 3.05) is 20.3 Å². The Balaban J connectivity index is 2.02. The summed E-state index contributed by atoms with van der Waals surface area (Å²) in [6.07, 6.45) is 0.858. The molecule has 2 heterocycles. The highest BCUT2D eigenvalue weighted by Gasteiger charge is 2.32. The number of rotatable bonds is 6. The number of carbonyl (C=O) groups excluding carboxylic acids is 1. The summed E-state index contributed by atoms with van der Waals surface area (Å²) in [7, 11) is 1.65. The molecule has 3 aromatic rings. The van der Waals surface area contributed by atoms with Gasteiger partial charge in [0.2, 0.25) is 0 Å². The molecule has 0 amide bonds. The zero-order valence-electron chi connectivity index (χ0n) is 18.0. The molecule has 0 saturated heterocycles. The molecule has 5 heteroatoms. The summed E-state index contributed by atoms with van der Waals surface area (Å²) >= 11 is 0. The first kappa shape index (κ1) is 20.1. The van der Waals surface area contributed by atoms with Crippen LogP contribution < -0.4 is 9.47 Å². The summed E-state index contributed by atoms with van der Waals surface area (Å²) < 4.78 is 19.1. The van der Waals surface area contributed by atoms with Crippen LogP contribution in [0.15, 0.2) is 42.5 Å². The van der Waals surface area contributed by atoms with Crippen molar-refractivity contribution < 1.29 is 19.0 Å². The molecule has 0 radical (unpaired) electrons. The zero-order chi connectivity index (χ0) is 21.3. The standard InChI is InChI=1S/C25H27NO4/c1-5-29-21-15-19-18(14-20(21)28-4)12-13-26-16(3)22(17-10-8-7-9-11-17)23(24(19)26)25(27)30-6-2/h7-11,14-15H,5-6,12-13H2,1-4H3. The van der Waals surface area contributed by atoms with Crippen LogP contribution in [0.2, 0.25) is 0 Å². The van der Waals surface area contributed by atoms with Gasteiger partial charge in [0.15, 0.2) is 11.5 Å². The van der Waals surface area contributed by atoms with E-state index in [-0.39, 0.29) is 5.97 Å². The first-order chi connectivity index (χ1) is 14.6. The molecule has 0 N–H and O–H groups in total. The van der Waals surface area contributed by atoms with Crippen LogP contribution in [0.5, 0.6) is 11.5 Å². The Bertz CT molecular complexity index is 1080. The lowest BCUT2D eigenvalue weighted by atomic mass is 9.93. The largest absolute Gasteiger partial charge is 0.493 e. The first-order valence-electron chi connectivity index (χ1n) is 10.4. The Morgan fingerprint density at radius 2 is 1.83 bits per heavy atom. The second kappa shape index (κ2) is 8.27. The van der Waals surface area contributed by atoms with Gasteiger partial charge < -0.3 is 18.8 Å². The number of benzene rings is 2. The van der Waals surface area contributed by atoms with E-state index in [0.29, 0.717) is 30.3 Å². The average molecular weight is 405 g/mol. The van der Waals surface area contributed by atoms with Crippen molar-refractivity contribution in [1.82, 2.24) is 4.57 Å². The molecule has 156 valence electrons. The number of fused-ring (bicyclic) bond motifs is 3. The Kier molecular flexibility index (Phi) is 5.53. The van der Waals surface area contributed by atoms with E-state index in [1.165, 1.54) is 0 Å². The molecule has 2 aromatic carbocycles. The maximum Gasteiger partial charge on any atom is 0.340 e. The number of hydrogen-bond acceptors (Lipinski definition) is 4. The lowest BCUT2D eigenvalue weighted by Crippen LogP contribution is -2.15. The molecule has 0 atom stereocenters. The number of aryl methyl sites for hydroxylation is 1. The van der Waals surface area contributed by atoms with Gasteiger partial charge in [-0.3, -0.25) is 0 Å². The van der Waals surface area contributed by atoms with E-state index < -0.39 is 0 Å². The quantitative estimate of drug-likeness (QED) is 0.524. The number of carbonyl (C=O) groups is 1. The van der Waals surface area contributed by atoms with Crippen LogP contribution >= 0.6 is 0 Å². The van der Waals surface area contributed by atoms with Crippen molar-refractivity contribution >= 4 is 5.97 Å². The number of hydrogen-bond donors (Lipinski definition) is 0. The minimum atomic E-state index is -0.296. The van der Waals surface area contributed by atoms with E-state index in [2.05, 4.69) is 11.5 Å². The van der Waals surface area contributed by atoms with Crippen LogP contribution in [0.25, 0.3) is 22.4 Å². The second-order valence-electron chi connectivity index (χ2n) is 7.27. The molecule has 1 aliphatic rings. The van der Waals surface area contributed by atoms with E-state index in [1.54, 1.807) is 7.11 Å². The predicted molar refractivity (Wildman–Crippen MR) is 117 cm³/mol. The summed E-state index contributed by atoms with van der Waals surface area (Å²) in [5, 5.41) is 0. The highest BCUT2D eigenvalue weighted by molar-refractivity contribution is 6.05. The van der Waals surface area contributed by atoms with Gasteiger partial charge in [0.05, 0.1) is 31.6 Å². The molecule has 0 fully saturated rings. The van der Waals surface area contributed by atoms with Gasteiger partial charge in [-0.25, -0.2) is 4.79 Å². The van der Waals surface area contributed by atoms with Gasteiger partial charge >= 0.3 is 5.97 Å². The van der Waals surface area contributed by atoms with Gasteiger partial charge in [0, 0.05) is 23.4 Å². The molecule has 30 heavy (non-hydrogen) atoms. The van der Waals surface area contributed by atoms with Crippen molar-refractivity contribution in [2.24, 2.45) is 0 Å². The second-order valence-corrected chi connectivity index (χ2v) is 7.27. The Morgan fingerprint density at radius 1 is 1.07 bits per heavy atom. The van der Waals surface area contributed by atoms with Crippen LogP contribution in [0.1, 0.15) is 35.5 Å². The highest BCUT2D eigenvalue weighted by Crippen LogP contribution is 2.45. The molecular weight excluding hydrogens is 378 g/mol. The molecular formula is C25H27NO4. The number of nitrogens with zero attached hydrogens (tertiary/aromatic N) is 1. The van der Waals surface area contributed by atoms with Gasteiger partial charge in [0.25, 0.3) is 0 Å². The van der Waals surface area contributed by atoms with Crippen molar-refractivity contribution in [1.29, 1.82) is 0 Å².